The Hall–Kier alpha value is -1.40. The van der Waals surface area contributed by atoms with Crippen LogP contribution in [0, 0.1) is 0 Å². The van der Waals surface area contributed by atoms with Crippen molar-refractivity contribution in [3.8, 4) is 5.75 Å². The topological polar surface area (TPSA) is 69.7 Å². The lowest BCUT2D eigenvalue weighted by atomic mass is 10.1. The van der Waals surface area contributed by atoms with Gasteiger partial charge < -0.3 is 9.47 Å². The molecule has 0 aromatic heterocycles. The third-order valence-corrected chi connectivity index (χ3v) is 4.88. The molecule has 0 radical (unpaired) electrons. The van der Waals surface area contributed by atoms with E-state index in [-0.39, 0.29) is 11.9 Å². The number of hydrogen-bond donors (Lipinski definition) is 0. The quantitative estimate of drug-likeness (QED) is 0.719. The van der Waals surface area contributed by atoms with E-state index in [0.29, 0.717) is 24.5 Å². The minimum absolute atomic E-state index is 0.0736. The van der Waals surface area contributed by atoms with Gasteiger partial charge in [-0.05, 0) is 44.0 Å². The average molecular weight is 312 g/mol. The second-order valence-corrected chi connectivity index (χ2v) is 7.18. The molecule has 1 fully saturated rings. The lowest BCUT2D eigenvalue weighted by Gasteiger charge is -2.10. The number of carbonyl (C=O) groups is 1. The van der Waals surface area contributed by atoms with Crippen LogP contribution in [-0.2, 0) is 14.6 Å². The van der Waals surface area contributed by atoms with E-state index in [1.165, 1.54) is 0 Å². The van der Waals surface area contributed by atoms with Crippen LogP contribution in [0.25, 0.3) is 0 Å². The zero-order valence-corrected chi connectivity index (χ0v) is 12.9. The van der Waals surface area contributed by atoms with Gasteiger partial charge in [0.05, 0.1) is 18.5 Å². The predicted molar refractivity (Wildman–Crippen MR) is 79.6 cm³/mol. The number of Topliss-reactive ketones (excluding diaryl/α,β-unsaturated/α-hetero) is 1. The summed E-state index contributed by atoms with van der Waals surface area (Å²) in [6.07, 6.45) is 1.37. The van der Waals surface area contributed by atoms with Gasteiger partial charge in [0, 0.05) is 12.2 Å². The van der Waals surface area contributed by atoms with Crippen molar-refractivity contribution in [3.63, 3.8) is 0 Å². The van der Waals surface area contributed by atoms with Crippen LogP contribution in [0.5, 0.6) is 5.75 Å². The number of benzene rings is 1. The van der Waals surface area contributed by atoms with Gasteiger partial charge in [-0.25, -0.2) is 8.42 Å². The van der Waals surface area contributed by atoms with Gasteiger partial charge in [-0.1, -0.05) is 0 Å². The Balaban J connectivity index is 1.96. The van der Waals surface area contributed by atoms with E-state index in [0.717, 1.165) is 12.8 Å². The fourth-order valence-corrected chi connectivity index (χ4v) is 3.82. The van der Waals surface area contributed by atoms with Crippen LogP contribution in [0.4, 0.5) is 0 Å². The first-order valence-electron chi connectivity index (χ1n) is 7.08. The van der Waals surface area contributed by atoms with Crippen molar-refractivity contribution < 1.29 is 22.7 Å². The standard InChI is InChI=1S/C15H20O5S/c1-2-19-13-7-5-12(6-8-13)15(16)11-21(17,18)10-14-4-3-9-20-14/h5-8,14H,2-4,9-11H2,1H3. The summed E-state index contributed by atoms with van der Waals surface area (Å²) in [5.74, 6) is -0.274. The van der Waals surface area contributed by atoms with Crippen molar-refractivity contribution in [2.45, 2.75) is 25.9 Å². The van der Waals surface area contributed by atoms with Crippen molar-refractivity contribution in [1.29, 1.82) is 0 Å². The van der Waals surface area contributed by atoms with E-state index in [9.17, 15) is 13.2 Å². The van der Waals surface area contributed by atoms with Crippen molar-refractivity contribution in [1.82, 2.24) is 0 Å². The second-order valence-electron chi connectivity index (χ2n) is 5.07. The largest absolute Gasteiger partial charge is 0.494 e. The zero-order chi connectivity index (χ0) is 15.3. The van der Waals surface area contributed by atoms with E-state index >= 15 is 0 Å². The third-order valence-electron chi connectivity index (χ3n) is 3.30. The van der Waals surface area contributed by atoms with Crippen LogP contribution in [-0.4, -0.2) is 45.0 Å². The number of ether oxygens (including phenoxy) is 2. The molecule has 1 atom stereocenters. The molecule has 2 rings (SSSR count). The van der Waals surface area contributed by atoms with Crippen molar-refractivity contribution >= 4 is 15.6 Å². The summed E-state index contributed by atoms with van der Waals surface area (Å²) in [5.41, 5.74) is 0.384. The maximum absolute atomic E-state index is 12.0. The molecule has 1 aliphatic heterocycles. The van der Waals surface area contributed by atoms with Crippen LogP contribution in [0.3, 0.4) is 0 Å². The SMILES string of the molecule is CCOc1ccc(C(=O)CS(=O)(=O)CC2CCCO2)cc1. The van der Waals surface area contributed by atoms with E-state index in [4.69, 9.17) is 9.47 Å². The lowest BCUT2D eigenvalue weighted by molar-refractivity contribution is 0.102. The van der Waals surface area contributed by atoms with Crippen molar-refractivity contribution in [2.75, 3.05) is 24.7 Å². The van der Waals surface area contributed by atoms with Crippen LogP contribution in [0.15, 0.2) is 24.3 Å². The number of hydrogen-bond acceptors (Lipinski definition) is 5. The predicted octanol–water partition coefficient (Wildman–Crippen LogP) is 1.86. The normalized spacial score (nSPS) is 18.6. The molecule has 0 saturated carbocycles. The van der Waals surface area contributed by atoms with Crippen LogP contribution < -0.4 is 4.74 Å². The Morgan fingerprint density at radius 1 is 1.33 bits per heavy atom. The molecule has 0 bridgehead atoms. The molecule has 1 unspecified atom stereocenters. The molecule has 1 aromatic carbocycles. The van der Waals surface area contributed by atoms with E-state index in [2.05, 4.69) is 0 Å². The van der Waals surface area contributed by atoms with Gasteiger partial charge in [-0.15, -0.1) is 0 Å². The molecule has 21 heavy (non-hydrogen) atoms. The van der Waals surface area contributed by atoms with Crippen LogP contribution in [0.1, 0.15) is 30.1 Å². The highest BCUT2D eigenvalue weighted by Crippen LogP contribution is 2.16. The lowest BCUT2D eigenvalue weighted by Crippen LogP contribution is -2.26. The summed E-state index contributed by atoms with van der Waals surface area (Å²) >= 11 is 0. The summed E-state index contributed by atoms with van der Waals surface area (Å²) in [6, 6.07) is 6.52. The summed E-state index contributed by atoms with van der Waals surface area (Å²) in [7, 11) is -3.44. The maximum Gasteiger partial charge on any atom is 0.177 e. The highest BCUT2D eigenvalue weighted by Gasteiger charge is 2.25. The highest BCUT2D eigenvalue weighted by molar-refractivity contribution is 7.92. The van der Waals surface area contributed by atoms with Gasteiger partial charge in [0.15, 0.2) is 15.6 Å². The molecule has 5 nitrogen and oxygen atoms in total. The molecule has 0 amide bonds. The molecule has 1 saturated heterocycles. The second kappa shape index (κ2) is 7.04. The summed E-state index contributed by atoms with van der Waals surface area (Å²) in [4.78, 5) is 12.0. The molecule has 0 spiro atoms. The minimum atomic E-state index is -3.44. The Kier molecular flexibility index (Phi) is 5.36. The van der Waals surface area contributed by atoms with Gasteiger partial charge in [-0.2, -0.15) is 0 Å². The number of ketones is 1. The first kappa shape index (κ1) is 16.0. The van der Waals surface area contributed by atoms with Gasteiger partial charge in [0.1, 0.15) is 11.5 Å². The van der Waals surface area contributed by atoms with Crippen LogP contribution >= 0.6 is 0 Å². The Bertz CT molecular complexity index is 571. The van der Waals surface area contributed by atoms with Gasteiger partial charge >= 0.3 is 0 Å². The fourth-order valence-electron chi connectivity index (χ4n) is 2.30. The molecule has 116 valence electrons. The molecular formula is C15H20O5S. The minimum Gasteiger partial charge on any atom is -0.494 e. The van der Waals surface area contributed by atoms with Crippen LogP contribution in [0.2, 0.25) is 0 Å². The monoisotopic (exact) mass is 312 g/mol. The summed E-state index contributed by atoms with van der Waals surface area (Å²) < 4.78 is 34.6. The van der Waals surface area contributed by atoms with Gasteiger partial charge in [0.25, 0.3) is 0 Å². The Morgan fingerprint density at radius 2 is 2.05 bits per heavy atom. The molecule has 6 heteroatoms. The summed E-state index contributed by atoms with van der Waals surface area (Å²) in [5, 5.41) is 0. The molecule has 1 aromatic rings. The van der Waals surface area contributed by atoms with Gasteiger partial charge in [-0.3, -0.25) is 4.79 Å². The number of sulfone groups is 1. The summed E-state index contributed by atoms with van der Waals surface area (Å²) in [6.45, 7) is 3.02. The molecule has 1 heterocycles. The molecule has 0 N–H and O–H groups in total. The molecule has 0 aliphatic carbocycles. The van der Waals surface area contributed by atoms with E-state index < -0.39 is 21.4 Å². The number of rotatable bonds is 7. The van der Waals surface area contributed by atoms with Crippen molar-refractivity contribution in [2.24, 2.45) is 0 Å². The van der Waals surface area contributed by atoms with E-state index in [1.54, 1.807) is 24.3 Å². The molecular weight excluding hydrogens is 292 g/mol. The third kappa shape index (κ3) is 4.82. The van der Waals surface area contributed by atoms with Crippen molar-refractivity contribution in [3.05, 3.63) is 29.8 Å². The molecule has 1 aliphatic rings. The van der Waals surface area contributed by atoms with Gasteiger partial charge in [0.2, 0.25) is 0 Å². The fraction of sp³-hybridized carbons (Fsp3) is 0.533. The average Bonchev–Trinajstić information content (AvgIpc) is 2.91. The first-order chi connectivity index (χ1) is 10.00. The highest BCUT2D eigenvalue weighted by atomic mass is 32.2. The Morgan fingerprint density at radius 3 is 2.62 bits per heavy atom. The Labute approximate surface area is 125 Å². The maximum atomic E-state index is 12.0. The smallest absolute Gasteiger partial charge is 0.177 e. The number of carbonyl (C=O) groups excluding carboxylic acids is 1. The van der Waals surface area contributed by atoms with E-state index in [1.807, 2.05) is 6.92 Å². The zero-order valence-electron chi connectivity index (χ0n) is 12.1. The first-order valence-corrected chi connectivity index (χ1v) is 8.90.